The quantitative estimate of drug-likeness (QED) is 0.662. The Morgan fingerprint density at radius 2 is 2.00 bits per heavy atom. The minimum absolute atomic E-state index is 0.00244. The number of hydrogen-bond acceptors (Lipinski definition) is 3. The number of benzene rings is 1. The van der Waals surface area contributed by atoms with E-state index in [1.54, 1.807) is 24.3 Å². The molecule has 25 heavy (non-hydrogen) atoms. The lowest BCUT2D eigenvalue weighted by molar-refractivity contribution is 0.0730. The second-order valence-corrected chi connectivity index (χ2v) is 6.24. The summed E-state index contributed by atoms with van der Waals surface area (Å²) < 4.78 is 6.80. The third-order valence-corrected chi connectivity index (χ3v) is 4.20. The molecule has 1 amide bonds. The molecule has 0 fully saturated rings. The number of aryl methyl sites for hydroxylation is 3. The van der Waals surface area contributed by atoms with Crippen LogP contribution in [0.15, 0.2) is 59.4 Å². The fourth-order valence-electron chi connectivity index (χ4n) is 2.95. The minimum Gasteiger partial charge on any atom is -0.472 e. The van der Waals surface area contributed by atoms with E-state index >= 15 is 0 Å². The van der Waals surface area contributed by atoms with Crippen LogP contribution in [0.4, 0.5) is 0 Å². The normalized spacial score (nSPS) is 10.8. The average Bonchev–Trinajstić information content (AvgIpc) is 3.23. The van der Waals surface area contributed by atoms with Crippen molar-refractivity contribution in [2.24, 2.45) is 7.05 Å². The Hall–Kier alpha value is -2.82. The molecule has 0 saturated carbocycles. The molecule has 0 N–H and O–H groups in total. The summed E-state index contributed by atoms with van der Waals surface area (Å²) in [6, 6.07) is 14.1. The molecular formula is C20H23N3O2. The van der Waals surface area contributed by atoms with Gasteiger partial charge in [-0.25, -0.2) is 0 Å². The third-order valence-electron chi connectivity index (χ3n) is 4.20. The Morgan fingerprint density at radius 3 is 2.64 bits per heavy atom. The molecular weight excluding hydrogens is 314 g/mol. The Bertz CT molecular complexity index is 807. The van der Waals surface area contributed by atoms with Gasteiger partial charge in [0.2, 0.25) is 0 Å². The molecule has 3 rings (SSSR count). The fraction of sp³-hybridized carbons (Fsp3) is 0.300. The predicted octanol–water partition coefficient (Wildman–Crippen LogP) is 3.60. The lowest BCUT2D eigenvalue weighted by Crippen LogP contribution is -2.33. The molecule has 0 bridgehead atoms. The van der Waals surface area contributed by atoms with Crippen molar-refractivity contribution in [3.8, 4) is 0 Å². The van der Waals surface area contributed by atoms with Crippen molar-refractivity contribution in [3.63, 3.8) is 0 Å². The summed E-state index contributed by atoms with van der Waals surface area (Å²) in [5.41, 5.74) is 3.74. The summed E-state index contributed by atoms with van der Waals surface area (Å²) in [4.78, 5) is 14.8. The molecule has 2 aromatic heterocycles. The van der Waals surface area contributed by atoms with Gasteiger partial charge >= 0.3 is 0 Å². The Labute approximate surface area is 147 Å². The first-order valence-corrected chi connectivity index (χ1v) is 8.48. The van der Waals surface area contributed by atoms with Crippen LogP contribution in [-0.4, -0.2) is 27.1 Å². The van der Waals surface area contributed by atoms with Gasteiger partial charge in [0.1, 0.15) is 5.69 Å². The van der Waals surface area contributed by atoms with Crippen LogP contribution < -0.4 is 0 Å². The van der Waals surface area contributed by atoms with Crippen molar-refractivity contribution < 1.29 is 9.21 Å². The number of rotatable bonds is 7. The van der Waals surface area contributed by atoms with Crippen LogP contribution in [0.2, 0.25) is 0 Å². The molecule has 5 nitrogen and oxygen atoms in total. The number of nitrogens with zero attached hydrogens (tertiary/aromatic N) is 3. The van der Waals surface area contributed by atoms with Gasteiger partial charge in [-0.1, -0.05) is 30.3 Å². The van der Waals surface area contributed by atoms with Gasteiger partial charge in [0.25, 0.3) is 5.91 Å². The second-order valence-electron chi connectivity index (χ2n) is 6.24. The van der Waals surface area contributed by atoms with Crippen molar-refractivity contribution in [1.82, 2.24) is 14.7 Å². The molecule has 0 atom stereocenters. The predicted molar refractivity (Wildman–Crippen MR) is 96.2 cm³/mol. The second kappa shape index (κ2) is 7.83. The maximum absolute atomic E-state index is 13.0. The van der Waals surface area contributed by atoms with E-state index in [2.05, 4.69) is 17.2 Å². The van der Waals surface area contributed by atoms with Crippen LogP contribution in [0, 0.1) is 6.92 Å². The largest absolute Gasteiger partial charge is 0.472 e. The molecule has 3 aromatic rings. The van der Waals surface area contributed by atoms with Gasteiger partial charge < -0.3 is 9.32 Å². The first kappa shape index (κ1) is 17.0. The highest BCUT2D eigenvalue weighted by Crippen LogP contribution is 2.13. The standard InChI is InChI=1S/C20H23N3O2/c1-16-13-19(22(2)21-16)20(24)23(14-18-10-12-25-15-18)11-6-9-17-7-4-3-5-8-17/h3-5,7-8,10,12-13,15H,6,9,11,14H2,1-2H3. The van der Waals surface area contributed by atoms with Crippen LogP contribution in [0.3, 0.4) is 0 Å². The summed E-state index contributed by atoms with van der Waals surface area (Å²) in [7, 11) is 1.81. The van der Waals surface area contributed by atoms with Gasteiger partial charge in [-0.15, -0.1) is 0 Å². The van der Waals surface area contributed by atoms with E-state index in [1.807, 2.05) is 42.2 Å². The molecule has 0 aliphatic rings. The molecule has 5 heteroatoms. The molecule has 1 aromatic carbocycles. The summed E-state index contributed by atoms with van der Waals surface area (Å²) in [6.45, 7) is 3.12. The van der Waals surface area contributed by atoms with Gasteiger partial charge in [0.05, 0.1) is 18.2 Å². The number of amides is 1. The van der Waals surface area contributed by atoms with Crippen LogP contribution in [0.25, 0.3) is 0 Å². The van der Waals surface area contributed by atoms with Gasteiger partial charge in [0, 0.05) is 25.7 Å². The highest BCUT2D eigenvalue weighted by atomic mass is 16.3. The summed E-state index contributed by atoms with van der Waals surface area (Å²) in [5, 5.41) is 4.29. The first-order valence-electron chi connectivity index (χ1n) is 8.48. The molecule has 0 aliphatic carbocycles. The average molecular weight is 337 g/mol. The van der Waals surface area contributed by atoms with Crippen molar-refractivity contribution >= 4 is 5.91 Å². The Balaban J connectivity index is 1.70. The SMILES string of the molecule is Cc1cc(C(=O)N(CCCc2ccccc2)Cc2ccoc2)n(C)n1. The number of hydrogen-bond donors (Lipinski definition) is 0. The summed E-state index contributed by atoms with van der Waals surface area (Å²) in [6.07, 6.45) is 5.17. The van der Waals surface area contributed by atoms with Gasteiger partial charge in [0.15, 0.2) is 0 Å². The topological polar surface area (TPSA) is 51.3 Å². The highest BCUT2D eigenvalue weighted by Gasteiger charge is 2.20. The lowest BCUT2D eigenvalue weighted by Gasteiger charge is -2.22. The lowest BCUT2D eigenvalue weighted by atomic mass is 10.1. The molecule has 130 valence electrons. The monoisotopic (exact) mass is 337 g/mol. The van der Waals surface area contributed by atoms with E-state index < -0.39 is 0 Å². The van der Waals surface area contributed by atoms with E-state index in [0.29, 0.717) is 18.8 Å². The van der Waals surface area contributed by atoms with E-state index in [-0.39, 0.29) is 5.91 Å². The van der Waals surface area contributed by atoms with Gasteiger partial charge in [-0.05, 0) is 37.5 Å². The smallest absolute Gasteiger partial charge is 0.272 e. The van der Waals surface area contributed by atoms with Crippen molar-refractivity contribution in [2.75, 3.05) is 6.54 Å². The van der Waals surface area contributed by atoms with E-state index in [0.717, 1.165) is 24.1 Å². The third kappa shape index (κ3) is 4.38. The van der Waals surface area contributed by atoms with Gasteiger partial charge in [-0.2, -0.15) is 5.10 Å². The van der Waals surface area contributed by atoms with E-state index in [4.69, 9.17) is 4.42 Å². The maximum atomic E-state index is 13.0. The number of carbonyl (C=O) groups is 1. The molecule has 0 saturated heterocycles. The van der Waals surface area contributed by atoms with E-state index in [9.17, 15) is 4.79 Å². The number of carbonyl (C=O) groups excluding carboxylic acids is 1. The molecule has 0 radical (unpaired) electrons. The van der Waals surface area contributed by atoms with Crippen LogP contribution in [0.1, 0.15) is 33.7 Å². The van der Waals surface area contributed by atoms with Crippen LogP contribution in [-0.2, 0) is 20.0 Å². The Kier molecular flexibility index (Phi) is 5.33. The maximum Gasteiger partial charge on any atom is 0.272 e. The highest BCUT2D eigenvalue weighted by molar-refractivity contribution is 5.92. The zero-order chi connectivity index (χ0) is 17.6. The molecule has 0 aliphatic heterocycles. The summed E-state index contributed by atoms with van der Waals surface area (Å²) >= 11 is 0. The molecule has 2 heterocycles. The van der Waals surface area contributed by atoms with Crippen LogP contribution in [0.5, 0.6) is 0 Å². The number of furan rings is 1. The van der Waals surface area contributed by atoms with Crippen molar-refractivity contribution in [1.29, 1.82) is 0 Å². The zero-order valence-electron chi connectivity index (χ0n) is 14.7. The van der Waals surface area contributed by atoms with Crippen molar-refractivity contribution in [2.45, 2.75) is 26.3 Å². The first-order chi connectivity index (χ1) is 12.1. The minimum atomic E-state index is -0.00244. The number of aromatic nitrogens is 2. The van der Waals surface area contributed by atoms with Gasteiger partial charge in [-0.3, -0.25) is 9.48 Å². The Morgan fingerprint density at radius 1 is 1.20 bits per heavy atom. The molecule has 0 spiro atoms. The van der Waals surface area contributed by atoms with Crippen molar-refractivity contribution in [3.05, 3.63) is 77.5 Å². The fourth-order valence-corrected chi connectivity index (χ4v) is 2.95. The van der Waals surface area contributed by atoms with Crippen LogP contribution >= 0.6 is 0 Å². The van der Waals surface area contributed by atoms with E-state index in [1.165, 1.54) is 5.56 Å². The summed E-state index contributed by atoms with van der Waals surface area (Å²) in [5.74, 6) is -0.00244. The molecule has 0 unspecified atom stereocenters. The zero-order valence-corrected chi connectivity index (χ0v) is 14.7.